The molecule has 0 aliphatic heterocycles. The Bertz CT molecular complexity index is 616. The zero-order chi connectivity index (χ0) is 14.9. The highest BCUT2D eigenvalue weighted by molar-refractivity contribution is 5.81. The fourth-order valence-corrected chi connectivity index (χ4v) is 3.84. The van der Waals surface area contributed by atoms with Crippen LogP contribution in [0.25, 0.3) is 10.9 Å². The molecule has 1 saturated carbocycles. The van der Waals surface area contributed by atoms with Gasteiger partial charge in [0.1, 0.15) is 0 Å². The van der Waals surface area contributed by atoms with Crippen molar-refractivity contribution in [3.8, 4) is 0 Å². The smallest absolute Gasteiger partial charge is 0.0721 e. The van der Waals surface area contributed by atoms with E-state index in [1.807, 2.05) is 11.7 Å². The molecule has 2 unspecified atom stereocenters. The van der Waals surface area contributed by atoms with Crippen molar-refractivity contribution in [3.05, 3.63) is 30.0 Å². The van der Waals surface area contributed by atoms with Gasteiger partial charge in [0.2, 0.25) is 0 Å². The minimum absolute atomic E-state index is 0.0684. The van der Waals surface area contributed by atoms with Crippen molar-refractivity contribution >= 4 is 10.9 Å². The molecule has 1 aliphatic carbocycles. The Morgan fingerprint density at radius 3 is 2.90 bits per heavy atom. The molecule has 3 nitrogen and oxygen atoms in total. The van der Waals surface area contributed by atoms with Gasteiger partial charge in [0.05, 0.1) is 11.2 Å². The number of aromatic nitrogens is 2. The predicted molar refractivity (Wildman–Crippen MR) is 88.2 cm³/mol. The van der Waals surface area contributed by atoms with E-state index in [9.17, 15) is 0 Å². The molecule has 114 valence electrons. The summed E-state index contributed by atoms with van der Waals surface area (Å²) in [5.74, 6) is 0.871. The monoisotopic (exact) mass is 285 g/mol. The topological polar surface area (TPSA) is 43.8 Å². The van der Waals surface area contributed by atoms with E-state index in [0.717, 1.165) is 25.2 Å². The molecule has 2 aromatic rings. The zero-order valence-electron chi connectivity index (χ0n) is 13.3. The third-order valence-corrected chi connectivity index (χ3v) is 5.27. The molecule has 0 saturated heterocycles. The van der Waals surface area contributed by atoms with Crippen LogP contribution in [0, 0.1) is 5.92 Å². The quantitative estimate of drug-likeness (QED) is 0.872. The van der Waals surface area contributed by atoms with Crippen molar-refractivity contribution in [2.45, 2.75) is 57.4 Å². The van der Waals surface area contributed by atoms with E-state index in [2.05, 4.69) is 31.2 Å². The summed E-state index contributed by atoms with van der Waals surface area (Å²) in [4.78, 5) is 0. The molecule has 1 aromatic carbocycles. The Balaban J connectivity index is 1.84. The lowest BCUT2D eigenvalue weighted by Crippen LogP contribution is -2.41. The largest absolute Gasteiger partial charge is 0.325 e. The van der Waals surface area contributed by atoms with Gasteiger partial charge in [0, 0.05) is 24.4 Å². The van der Waals surface area contributed by atoms with Gasteiger partial charge in [-0.3, -0.25) is 4.68 Å². The SMILES string of the molecule is CCC1CCCC(N)(Cc2nn(C)c3ccccc23)CC1. The molecular formula is C18H27N3. The number of fused-ring (bicyclic) bond motifs is 1. The van der Waals surface area contributed by atoms with Gasteiger partial charge >= 0.3 is 0 Å². The van der Waals surface area contributed by atoms with Crippen molar-refractivity contribution in [1.82, 2.24) is 9.78 Å². The van der Waals surface area contributed by atoms with Gasteiger partial charge in [0.15, 0.2) is 0 Å². The van der Waals surface area contributed by atoms with Crippen LogP contribution in [0.15, 0.2) is 24.3 Å². The van der Waals surface area contributed by atoms with Crippen molar-refractivity contribution in [1.29, 1.82) is 0 Å². The molecule has 0 bridgehead atoms. The minimum atomic E-state index is -0.0684. The molecule has 1 heterocycles. The van der Waals surface area contributed by atoms with Gasteiger partial charge in [-0.05, 0) is 31.2 Å². The van der Waals surface area contributed by atoms with Crippen LogP contribution < -0.4 is 5.73 Å². The Kier molecular flexibility index (Phi) is 4.03. The van der Waals surface area contributed by atoms with Crippen molar-refractivity contribution in [3.63, 3.8) is 0 Å². The predicted octanol–water partition coefficient (Wildman–Crippen LogP) is 3.80. The molecular weight excluding hydrogens is 258 g/mol. The molecule has 0 spiro atoms. The summed E-state index contributed by atoms with van der Waals surface area (Å²) in [6.07, 6.45) is 8.36. The second-order valence-electron chi connectivity index (χ2n) is 6.83. The maximum absolute atomic E-state index is 6.76. The van der Waals surface area contributed by atoms with Gasteiger partial charge in [-0.25, -0.2) is 0 Å². The zero-order valence-corrected chi connectivity index (χ0v) is 13.3. The van der Waals surface area contributed by atoms with E-state index in [1.54, 1.807) is 0 Å². The summed E-state index contributed by atoms with van der Waals surface area (Å²) >= 11 is 0. The van der Waals surface area contributed by atoms with Crippen LogP contribution in [0.1, 0.15) is 51.1 Å². The summed E-state index contributed by atoms with van der Waals surface area (Å²) in [7, 11) is 2.02. The number of rotatable bonds is 3. The van der Waals surface area contributed by atoms with Crippen LogP contribution in [0.5, 0.6) is 0 Å². The molecule has 0 amide bonds. The van der Waals surface area contributed by atoms with Gasteiger partial charge in [-0.15, -0.1) is 0 Å². The fraction of sp³-hybridized carbons (Fsp3) is 0.611. The average Bonchev–Trinajstić information content (AvgIpc) is 2.67. The molecule has 3 heteroatoms. The highest BCUT2D eigenvalue weighted by Gasteiger charge is 2.30. The Labute approximate surface area is 127 Å². The molecule has 0 radical (unpaired) electrons. The number of nitrogens with two attached hydrogens (primary N) is 1. The number of nitrogens with zero attached hydrogens (tertiary/aromatic N) is 2. The van der Waals surface area contributed by atoms with Gasteiger partial charge in [0.25, 0.3) is 0 Å². The maximum atomic E-state index is 6.76. The van der Waals surface area contributed by atoms with Crippen molar-refractivity contribution < 1.29 is 0 Å². The summed E-state index contributed by atoms with van der Waals surface area (Å²) in [5, 5.41) is 6.00. The van der Waals surface area contributed by atoms with Crippen LogP contribution in [0.4, 0.5) is 0 Å². The second-order valence-corrected chi connectivity index (χ2v) is 6.83. The van der Waals surface area contributed by atoms with E-state index in [-0.39, 0.29) is 5.54 Å². The third kappa shape index (κ3) is 2.98. The molecule has 2 atom stereocenters. The standard InChI is InChI=1S/C18H27N3/c1-3-14-7-6-11-18(19,12-10-14)13-16-15-8-4-5-9-17(15)21(2)20-16/h4-5,8-9,14H,3,6-7,10-13,19H2,1-2H3. The fourth-order valence-electron chi connectivity index (χ4n) is 3.84. The molecule has 3 rings (SSSR count). The second kappa shape index (κ2) is 5.80. The lowest BCUT2D eigenvalue weighted by Gasteiger charge is -2.27. The van der Waals surface area contributed by atoms with Crippen LogP contribution in [-0.4, -0.2) is 15.3 Å². The van der Waals surface area contributed by atoms with Crippen molar-refractivity contribution in [2.24, 2.45) is 18.7 Å². The van der Waals surface area contributed by atoms with E-state index >= 15 is 0 Å². The molecule has 2 N–H and O–H groups in total. The lowest BCUT2D eigenvalue weighted by atomic mass is 9.85. The summed E-state index contributed by atoms with van der Waals surface area (Å²) in [5.41, 5.74) is 9.07. The number of aryl methyl sites for hydroxylation is 1. The first-order valence-corrected chi connectivity index (χ1v) is 8.31. The van der Waals surface area contributed by atoms with Gasteiger partial charge in [-0.1, -0.05) is 44.4 Å². The molecule has 21 heavy (non-hydrogen) atoms. The minimum Gasteiger partial charge on any atom is -0.325 e. The van der Waals surface area contributed by atoms with Gasteiger partial charge < -0.3 is 5.73 Å². The molecule has 1 fully saturated rings. The first kappa shape index (κ1) is 14.6. The number of hydrogen-bond donors (Lipinski definition) is 1. The number of benzene rings is 1. The Morgan fingerprint density at radius 1 is 1.29 bits per heavy atom. The summed E-state index contributed by atoms with van der Waals surface area (Å²) in [6.45, 7) is 2.31. The average molecular weight is 285 g/mol. The van der Waals surface area contributed by atoms with E-state index < -0.39 is 0 Å². The Hall–Kier alpha value is -1.35. The summed E-state index contributed by atoms with van der Waals surface area (Å²) in [6, 6.07) is 8.47. The summed E-state index contributed by atoms with van der Waals surface area (Å²) < 4.78 is 1.99. The normalized spacial score (nSPS) is 26.9. The first-order valence-electron chi connectivity index (χ1n) is 8.31. The van der Waals surface area contributed by atoms with E-state index in [1.165, 1.54) is 42.3 Å². The van der Waals surface area contributed by atoms with Crippen LogP contribution in [0.3, 0.4) is 0 Å². The molecule has 1 aliphatic rings. The first-order chi connectivity index (χ1) is 10.1. The number of hydrogen-bond acceptors (Lipinski definition) is 2. The van der Waals surface area contributed by atoms with Gasteiger partial charge in [-0.2, -0.15) is 5.10 Å². The van der Waals surface area contributed by atoms with E-state index in [4.69, 9.17) is 10.8 Å². The van der Waals surface area contributed by atoms with Crippen LogP contribution >= 0.6 is 0 Å². The highest BCUT2D eigenvalue weighted by atomic mass is 15.3. The highest BCUT2D eigenvalue weighted by Crippen LogP contribution is 2.33. The van der Waals surface area contributed by atoms with Crippen LogP contribution in [-0.2, 0) is 13.5 Å². The third-order valence-electron chi connectivity index (χ3n) is 5.27. The Morgan fingerprint density at radius 2 is 2.10 bits per heavy atom. The van der Waals surface area contributed by atoms with Crippen molar-refractivity contribution in [2.75, 3.05) is 0 Å². The van der Waals surface area contributed by atoms with Crippen LogP contribution in [0.2, 0.25) is 0 Å². The molecule has 1 aromatic heterocycles. The maximum Gasteiger partial charge on any atom is 0.0721 e. The lowest BCUT2D eigenvalue weighted by molar-refractivity contribution is 0.355. The van der Waals surface area contributed by atoms with E-state index in [0.29, 0.717) is 0 Å². The number of para-hydroxylation sites is 1.